The minimum Gasteiger partial charge on any atom is -0.324 e. The zero-order valence-corrected chi connectivity index (χ0v) is 21.5. The maximum atomic E-state index is 13.3. The van der Waals surface area contributed by atoms with E-state index in [4.69, 9.17) is 0 Å². The second-order valence-corrected chi connectivity index (χ2v) is 9.74. The van der Waals surface area contributed by atoms with E-state index in [0.717, 1.165) is 38.0 Å². The number of rotatable bonds is 7. The smallest absolute Gasteiger partial charge is 0.321 e. The summed E-state index contributed by atoms with van der Waals surface area (Å²) in [5, 5.41) is 2.95. The highest BCUT2D eigenvalue weighted by Gasteiger charge is 2.28. The summed E-state index contributed by atoms with van der Waals surface area (Å²) in [5.41, 5.74) is 3.48. The van der Waals surface area contributed by atoms with Gasteiger partial charge in [-0.3, -0.25) is 14.5 Å². The molecule has 0 spiro atoms. The maximum absolute atomic E-state index is 13.3. The van der Waals surface area contributed by atoms with Crippen LogP contribution in [0.3, 0.4) is 0 Å². The lowest BCUT2D eigenvalue weighted by molar-refractivity contribution is -0.125. The number of aryl methyl sites for hydroxylation is 1. The predicted molar refractivity (Wildman–Crippen MR) is 144 cm³/mol. The largest absolute Gasteiger partial charge is 0.324 e. The van der Waals surface area contributed by atoms with Crippen molar-refractivity contribution in [1.29, 1.82) is 0 Å². The second kappa shape index (κ2) is 12.2. The minimum atomic E-state index is -0.162. The number of fused-ring (bicyclic) bond motifs is 1. The number of hydrogen-bond donors (Lipinski definition) is 1. The van der Waals surface area contributed by atoms with Crippen molar-refractivity contribution in [1.82, 2.24) is 9.80 Å². The number of nitrogens with zero attached hydrogens (tertiary/aromatic N) is 3. The van der Waals surface area contributed by atoms with Crippen LogP contribution in [0.2, 0.25) is 0 Å². The van der Waals surface area contributed by atoms with Gasteiger partial charge in [0.15, 0.2) is 0 Å². The van der Waals surface area contributed by atoms with Crippen LogP contribution in [0.1, 0.15) is 55.5 Å². The van der Waals surface area contributed by atoms with E-state index in [1.165, 1.54) is 5.56 Å². The standard InChI is InChI=1S/C29H38N4O3/c1-3-31(4-2)21-27(34)23-16-19-32(20-17-23)29(36)30-25-14-12-24(13-15-25)28(35)33-18-8-7-10-22-9-5-6-11-26(22)33/h5-6,9,11-15,23H,3-4,7-8,10,16-21H2,1-2H3,(H,30,36). The van der Waals surface area contributed by atoms with Gasteiger partial charge in [-0.25, -0.2) is 4.79 Å². The molecule has 0 aromatic heterocycles. The first-order valence-electron chi connectivity index (χ1n) is 13.3. The molecular weight excluding hydrogens is 452 g/mol. The van der Waals surface area contributed by atoms with Gasteiger partial charge in [-0.15, -0.1) is 0 Å². The summed E-state index contributed by atoms with van der Waals surface area (Å²) < 4.78 is 0. The molecule has 0 bridgehead atoms. The first-order valence-corrected chi connectivity index (χ1v) is 13.3. The van der Waals surface area contributed by atoms with Crippen LogP contribution in [0.5, 0.6) is 0 Å². The molecule has 2 aliphatic heterocycles. The number of anilines is 2. The van der Waals surface area contributed by atoms with Crippen molar-refractivity contribution < 1.29 is 14.4 Å². The van der Waals surface area contributed by atoms with Crippen LogP contribution < -0.4 is 10.2 Å². The molecule has 1 fully saturated rings. The highest BCUT2D eigenvalue weighted by atomic mass is 16.2. The van der Waals surface area contributed by atoms with E-state index in [2.05, 4.69) is 30.1 Å². The number of benzene rings is 2. The Labute approximate surface area is 214 Å². The summed E-state index contributed by atoms with van der Waals surface area (Å²) in [6.45, 7) is 8.25. The van der Waals surface area contributed by atoms with Crippen molar-refractivity contribution >= 4 is 29.1 Å². The average molecular weight is 491 g/mol. The Bertz CT molecular complexity index is 1060. The number of Topliss-reactive ketones (excluding diaryl/α,β-unsaturated/α-hetero) is 1. The fourth-order valence-corrected chi connectivity index (χ4v) is 5.16. The van der Waals surface area contributed by atoms with Gasteiger partial charge in [0.2, 0.25) is 0 Å². The molecule has 7 nitrogen and oxygen atoms in total. The summed E-state index contributed by atoms with van der Waals surface area (Å²) in [4.78, 5) is 44.5. The van der Waals surface area contributed by atoms with Crippen LogP contribution in [-0.2, 0) is 11.2 Å². The first kappa shape index (κ1) is 25.9. The number of piperidine rings is 1. The molecule has 0 unspecified atom stereocenters. The Morgan fingerprint density at radius 3 is 2.31 bits per heavy atom. The molecule has 2 aromatic carbocycles. The van der Waals surface area contributed by atoms with Gasteiger partial charge in [-0.2, -0.15) is 0 Å². The van der Waals surface area contributed by atoms with E-state index in [1.807, 2.05) is 23.1 Å². The SMILES string of the molecule is CCN(CC)CC(=O)C1CCN(C(=O)Nc2ccc(C(=O)N3CCCCc4ccccc43)cc2)CC1. The summed E-state index contributed by atoms with van der Waals surface area (Å²) in [7, 11) is 0. The Balaban J connectivity index is 1.31. The average Bonchev–Trinajstić information content (AvgIpc) is 3.14. The highest BCUT2D eigenvalue weighted by Crippen LogP contribution is 2.28. The Morgan fingerprint density at radius 2 is 1.61 bits per heavy atom. The molecule has 1 N–H and O–H groups in total. The zero-order chi connectivity index (χ0) is 25.5. The van der Waals surface area contributed by atoms with E-state index in [1.54, 1.807) is 29.2 Å². The van der Waals surface area contributed by atoms with E-state index in [9.17, 15) is 14.4 Å². The summed E-state index contributed by atoms with van der Waals surface area (Å²) in [6, 6.07) is 15.1. The molecule has 2 aliphatic rings. The minimum absolute atomic E-state index is 0.0151. The second-order valence-electron chi connectivity index (χ2n) is 9.74. The fourth-order valence-electron chi connectivity index (χ4n) is 5.16. The van der Waals surface area contributed by atoms with Crippen molar-refractivity contribution in [2.75, 3.05) is 49.5 Å². The predicted octanol–water partition coefficient (Wildman–Crippen LogP) is 4.82. The van der Waals surface area contributed by atoms with Crippen molar-refractivity contribution in [2.24, 2.45) is 5.92 Å². The van der Waals surface area contributed by atoms with Crippen molar-refractivity contribution in [2.45, 2.75) is 46.0 Å². The van der Waals surface area contributed by atoms with Crippen LogP contribution in [0.15, 0.2) is 48.5 Å². The first-order chi connectivity index (χ1) is 17.5. The van der Waals surface area contributed by atoms with Gasteiger partial charge in [0.25, 0.3) is 5.91 Å². The summed E-state index contributed by atoms with van der Waals surface area (Å²) >= 11 is 0. The van der Waals surface area contributed by atoms with Gasteiger partial charge in [0, 0.05) is 42.5 Å². The Morgan fingerprint density at radius 1 is 0.917 bits per heavy atom. The molecular formula is C29H38N4O3. The fraction of sp³-hybridized carbons (Fsp3) is 0.483. The number of hydrogen-bond acceptors (Lipinski definition) is 4. The van der Waals surface area contributed by atoms with E-state index < -0.39 is 0 Å². The van der Waals surface area contributed by atoms with Gasteiger partial charge >= 0.3 is 6.03 Å². The van der Waals surface area contributed by atoms with Gasteiger partial charge in [-0.05, 0) is 81.1 Å². The number of likely N-dealkylation sites (tertiary alicyclic amines) is 1. The Hall–Kier alpha value is -3.19. The summed E-state index contributed by atoms with van der Waals surface area (Å²) in [5.74, 6) is 0.300. The molecule has 1 saturated heterocycles. The number of urea groups is 1. The van der Waals surface area contributed by atoms with Gasteiger partial charge in [0.1, 0.15) is 5.78 Å². The van der Waals surface area contributed by atoms with Crippen LogP contribution in [0.25, 0.3) is 0 Å². The molecule has 0 aliphatic carbocycles. The number of carbonyl (C=O) groups is 3. The molecule has 192 valence electrons. The molecule has 2 aromatic rings. The van der Waals surface area contributed by atoms with E-state index in [-0.39, 0.29) is 23.6 Å². The molecule has 7 heteroatoms. The van der Waals surface area contributed by atoms with Crippen LogP contribution in [-0.4, -0.2) is 66.8 Å². The number of likely N-dealkylation sites (N-methyl/N-ethyl adjacent to an activating group) is 1. The van der Waals surface area contributed by atoms with Gasteiger partial charge in [0.05, 0.1) is 6.54 Å². The van der Waals surface area contributed by atoms with Crippen LogP contribution >= 0.6 is 0 Å². The van der Waals surface area contributed by atoms with Crippen molar-refractivity contribution in [3.8, 4) is 0 Å². The molecule has 36 heavy (non-hydrogen) atoms. The van der Waals surface area contributed by atoms with Crippen molar-refractivity contribution in [3.63, 3.8) is 0 Å². The van der Waals surface area contributed by atoms with Crippen LogP contribution in [0, 0.1) is 5.92 Å². The molecule has 4 rings (SSSR count). The number of nitrogens with one attached hydrogen (secondary N) is 1. The molecule has 0 atom stereocenters. The van der Waals surface area contributed by atoms with Gasteiger partial charge in [-0.1, -0.05) is 32.0 Å². The highest BCUT2D eigenvalue weighted by molar-refractivity contribution is 6.07. The van der Waals surface area contributed by atoms with E-state index in [0.29, 0.717) is 50.3 Å². The lowest BCUT2D eigenvalue weighted by Gasteiger charge is -2.32. The Kier molecular flexibility index (Phi) is 8.75. The lowest BCUT2D eigenvalue weighted by Crippen LogP contribution is -2.44. The number of ketones is 1. The number of carbonyl (C=O) groups excluding carboxylic acids is 3. The van der Waals surface area contributed by atoms with Gasteiger partial charge < -0.3 is 15.1 Å². The zero-order valence-electron chi connectivity index (χ0n) is 21.5. The lowest BCUT2D eigenvalue weighted by atomic mass is 9.92. The monoisotopic (exact) mass is 490 g/mol. The quantitative estimate of drug-likeness (QED) is 0.604. The third kappa shape index (κ3) is 6.13. The van der Waals surface area contributed by atoms with Crippen LogP contribution in [0.4, 0.5) is 16.2 Å². The topological polar surface area (TPSA) is 73.0 Å². The third-order valence-corrected chi connectivity index (χ3v) is 7.50. The normalized spacial score (nSPS) is 16.4. The number of para-hydroxylation sites is 1. The van der Waals surface area contributed by atoms with E-state index >= 15 is 0 Å². The number of amides is 3. The molecule has 3 amide bonds. The molecule has 0 radical (unpaired) electrons. The molecule has 2 heterocycles. The molecule has 0 saturated carbocycles. The van der Waals surface area contributed by atoms with Crippen molar-refractivity contribution in [3.05, 3.63) is 59.7 Å². The summed E-state index contributed by atoms with van der Waals surface area (Å²) in [6.07, 6.45) is 4.46. The third-order valence-electron chi connectivity index (χ3n) is 7.50. The maximum Gasteiger partial charge on any atom is 0.321 e.